The maximum Gasteiger partial charge on any atom is 0.238 e. The van der Waals surface area contributed by atoms with Crippen LogP contribution in [0.25, 0.3) is 11.3 Å². The average Bonchev–Trinajstić information content (AvgIpc) is 3.07. The van der Waals surface area contributed by atoms with Gasteiger partial charge in [-0.3, -0.25) is 9.59 Å². The number of anilines is 2. The highest BCUT2D eigenvalue weighted by atomic mass is 32.2. The van der Waals surface area contributed by atoms with E-state index in [2.05, 4.69) is 15.6 Å². The van der Waals surface area contributed by atoms with Gasteiger partial charge in [-0.1, -0.05) is 19.1 Å². The lowest BCUT2D eigenvalue weighted by atomic mass is 10.1. The first-order chi connectivity index (χ1) is 13.9. The Balaban J connectivity index is 1.49. The molecule has 0 saturated heterocycles. The van der Waals surface area contributed by atoms with Gasteiger partial charge in [-0.2, -0.15) is 0 Å². The summed E-state index contributed by atoms with van der Waals surface area (Å²) < 4.78 is 13.2. The maximum absolute atomic E-state index is 13.2. The molecule has 1 aromatic heterocycles. The van der Waals surface area contributed by atoms with Crippen molar-refractivity contribution in [3.8, 4) is 11.3 Å². The highest BCUT2D eigenvalue weighted by Crippen LogP contribution is 2.39. The van der Waals surface area contributed by atoms with Gasteiger partial charge in [0.2, 0.25) is 11.8 Å². The number of aromatic nitrogens is 1. The normalized spacial score (nSPS) is 16.7. The third-order valence-electron chi connectivity index (χ3n) is 4.67. The van der Waals surface area contributed by atoms with Crippen LogP contribution < -0.4 is 10.6 Å². The van der Waals surface area contributed by atoms with Crippen molar-refractivity contribution < 1.29 is 14.0 Å². The second kappa shape index (κ2) is 7.96. The van der Waals surface area contributed by atoms with Gasteiger partial charge in [-0.25, -0.2) is 9.37 Å². The van der Waals surface area contributed by atoms with Gasteiger partial charge < -0.3 is 10.6 Å². The van der Waals surface area contributed by atoms with Crippen LogP contribution in [0, 0.1) is 18.7 Å². The molecule has 0 radical (unpaired) electrons. The zero-order chi connectivity index (χ0) is 20.5. The standard InChI is InChI=1S/C21H18FN3O2S2/c1-11(18-20(27)23-15-5-3-4-6-16(15)29-18)19(26)25-21-24-17(12(2)28-21)13-7-9-14(22)10-8-13/h3-11,18H,1-2H3,(H,23,27)(H,24,25,26). The van der Waals surface area contributed by atoms with Crippen molar-refractivity contribution >= 4 is 45.7 Å². The van der Waals surface area contributed by atoms with E-state index < -0.39 is 11.2 Å². The number of carbonyl (C=O) groups excluding carboxylic acids is 2. The molecule has 2 atom stereocenters. The van der Waals surface area contributed by atoms with Crippen molar-refractivity contribution in [2.24, 2.45) is 5.92 Å². The average molecular weight is 428 g/mol. The molecule has 2 aromatic carbocycles. The first kappa shape index (κ1) is 19.6. The van der Waals surface area contributed by atoms with E-state index in [1.165, 1.54) is 35.2 Å². The van der Waals surface area contributed by atoms with E-state index in [4.69, 9.17) is 0 Å². The molecule has 5 nitrogen and oxygen atoms in total. The monoisotopic (exact) mass is 427 g/mol. The number of amides is 2. The molecule has 148 valence electrons. The van der Waals surface area contributed by atoms with Crippen LogP contribution in [-0.2, 0) is 9.59 Å². The van der Waals surface area contributed by atoms with Crippen LogP contribution in [0.15, 0.2) is 53.4 Å². The van der Waals surface area contributed by atoms with E-state index in [0.29, 0.717) is 10.8 Å². The van der Waals surface area contributed by atoms with Gasteiger partial charge in [0.25, 0.3) is 0 Å². The summed E-state index contributed by atoms with van der Waals surface area (Å²) in [6.07, 6.45) is 0. The van der Waals surface area contributed by atoms with Crippen molar-refractivity contribution in [3.05, 3.63) is 59.2 Å². The van der Waals surface area contributed by atoms with Gasteiger partial charge in [0, 0.05) is 15.3 Å². The molecular formula is C21H18FN3O2S2. The molecule has 1 aliphatic rings. The van der Waals surface area contributed by atoms with Crippen LogP contribution in [0.3, 0.4) is 0 Å². The molecule has 0 spiro atoms. The number of hydrogen-bond donors (Lipinski definition) is 2. The molecular weight excluding hydrogens is 409 g/mol. The van der Waals surface area contributed by atoms with Crippen molar-refractivity contribution in [3.63, 3.8) is 0 Å². The summed E-state index contributed by atoms with van der Waals surface area (Å²) in [5, 5.41) is 5.63. The molecule has 8 heteroatoms. The number of fused-ring (bicyclic) bond motifs is 1. The zero-order valence-electron chi connectivity index (χ0n) is 15.7. The number of thiazole rings is 1. The highest BCUT2D eigenvalue weighted by Gasteiger charge is 2.35. The number of aryl methyl sites for hydroxylation is 1. The van der Waals surface area contributed by atoms with Gasteiger partial charge in [0.1, 0.15) is 5.82 Å². The third-order valence-corrected chi connectivity index (χ3v) is 7.04. The number of para-hydroxylation sites is 1. The number of nitrogens with zero attached hydrogens (tertiary/aromatic N) is 1. The van der Waals surface area contributed by atoms with Gasteiger partial charge in [-0.05, 0) is 43.3 Å². The van der Waals surface area contributed by atoms with Crippen LogP contribution in [0.2, 0.25) is 0 Å². The maximum atomic E-state index is 13.2. The summed E-state index contributed by atoms with van der Waals surface area (Å²) in [6.45, 7) is 3.64. The number of carbonyl (C=O) groups is 2. The molecule has 1 aliphatic heterocycles. The summed E-state index contributed by atoms with van der Waals surface area (Å²) in [6, 6.07) is 13.6. The SMILES string of the molecule is Cc1sc(NC(=O)C(C)C2Sc3ccccc3NC2=O)nc1-c1ccc(F)cc1. The number of halogens is 1. The Bertz CT molecular complexity index is 1080. The van der Waals surface area contributed by atoms with Crippen LogP contribution in [-0.4, -0.2) is 22.0 Å². The fourth-order valence-corrected chi connectivity index (χ4v) is 5.09. The number of nitrogens with one attached hydrogen (secondary N) is 2. The van der Waals surface area contributed by atoms with Gasteiger partial charge in [0.15, 0.2) is 5.13 Å². The van der Waals surface area contributed by atoms with Crippen LogP contribution in [0.5, 0.6) is 0 Å². The molecule has 0 aliphatic carbocycles. The number of rotatable bonds is 4. The molecule has 0 bridgehead atoms. The predicted octanol–water partition coefficient (Wildman–Crippen LogP) is 4.95. The number of thioether (sulfide) groups is 1. The highest BCUT2D eigenvalue weighted by molar-refractivity contribution is 8.01. The minimum Gasteiger partial charge on any atom is -0.324 e. The Morgan fingerprint density at radius 3 is 2.69 bits per heavy atom. The predicted molar refractivity (Wildman–Crippen MR) is 115 cm³/mol. The van der Waals surface area contributed by atoms with Gasteiger partial charge >= 0.3 is 0 Å². The molecule has 2 N–H and O–H groups in total. The Labute approximate surface area is 175 Å². The smallest absolute Gasteiger partial charge is 0.238 e. The fraction of sp³-hybridized carbons (Fsp3) is 0.190. The first-order valence-electron chi connectivity index (χ1n) is 9.03. The quantitative estimate of drug-likeness (QED) is 0.618. The van der Waals surface area contributed by atoms with Crippen LogP contribution >= 0.6 is 23.1 Å². The van der Waals surface area contributed by atoms with Gasteiger partial charge in [-0.15, -0.1) is 23.1 Å². The molecule has 0 saturated carbocycles. The summed E-state index contributed by atoms with van der Waals surface area (Å²) in [7, 11) is 0. The fourth-order valence-electron chi connectivity index (χ4n) is 3.08. The van der Waals surface area contributed by atoms with Crippen molar-refractivity contribution in [1.82, 2.24) is 4.98 Å². The molecule has 0 fully saturated rings. The molecule has 2 amide bonds. The second-order valence-electron chi connectivity index (χ2n) is 6.73. The summed E-state index contributed by atoms with van der Waals surface area (Å²) in [5.41, 5.74) is 2.26. The van der Waals surface area contributed by atoms with Crippen LogP contribution in [0.1, 0.15) is 11.8 Å². The van der Waals surface area contributed by atoms with E-state index in [1.807, 2.05) is 31.2 Å². The molecule has 4 rings (SSSR count). The molecule has 2 unspecified atom stereocenters. The van der Waals surface area contributed by atoms with E-state index >= 15 is 0 Å². The summed E-state index contributed by atoms with van der Waals surface area (Å²) in [5.74, 6) is -1.31. The summed E-state index contributed by atoms with van der Waals surface area (Å²) in [4.78, 5) is 31.6. The Hall–Kier alpha value is -2.71. The van der Waals surface area contributed by atoms with Crippen LogP contribution in [0.4, 0.5) is 15.2 Å². The lowest BCUT2D eigenvalue weighted by molar-refractivity contribution is -0.123. The van der Waals surface area contributed by atoms with Gasteiger partial charge in [0.05, 0.1) is 22.5 Å². The third kappa shape index (κ3) is 4.04. The van der Waals surface area contributed by atoms with E-state index in [9.17, 15) is 14.0 Å². The number of hydrogen-bond acceptors (Lipinski definition) is 5. The number of benzene rings is 2. The largest absolute Gasteiger partial charge is 0.324 e. The lowest BCUT2D eigenvalue weighted by Crippen LogP contribution is -2.39. The molecule has 2 heterocycles. The molecule has 3 aromatic rings. The first-order valence-corrected chi connectivity index (χ1v) is 10.7. The summed E-state index contributed by atoms with van der Waals surface area (Å²) >= 11 is 2.74. The van der Waals surface area contributed by atoms with Crippen molar-refractivity contribution in [1.29, 1.82) is 0 Å². The Morgan fingerprint density at radius 1 is 1.21 bits per heavy atom. The van der Waals surface area contributed by atoms with E-state index in [1.54, 1.807) is 19.1 Å². The van der Waals surface area contributed by atoms with E-state index in [0.717, 1.165) is 21.0 Å². The van der Waals surface area contributed by atoms with Crippen molar-refractivity contribution in [2.45, 2.75) is 24.0 Å². The minimum absolute atomic E-state index is 0.182. The Morgan fingerprint density at radius 2 is 1.93 bits per heavy atom. The lowest BCUT2D eigenvalue weighted by Gasteiger charge is -2.27. The zero-order valence-corrected chi connectivity index (χ0v) is 17.4. The second-order valence-corrected chi connectivity index (χ2v) is 9.12. The topological polar surface area (TPSA) is 71.1 Å². The van der Waals surface area contributed by atoms with E-state index in [-0.39, 0.29) is 17.6 Å². The van der Waals surface area contributed by atoms with Crippen molar-refractivity contribution in [2.75, 3.05) is 10.6 Å². The minimum atomic E-state index is -0.549. The molecule has 29 heavy (non-hydrogen) atoms. The Kier molecular flexibility index (Phi) is 5.38.